The van der Waals surface area contributed by atoms with E-state index in [0.717, 1.165) is 25.9 Å². The molecule has 8 heteroatoms. The number of urea groups is 1. The van der Waals surface area contributed by atoms with E-state index in [2.05, 4.69) is 14.9 Å². The summed E-state index contributed by atoms with van der Waals surface area (Å²) in [7, 11) is 1.88. The van der Waals surface area contributed by atoms with Gasteiger partial charge in [0.1, 0.15) is 11.8 Å². The SMILES string of the molecule is CN(C(=O)N1CCOCC1)C1CCN(c2nccc(C#N)n2)CC1. The van der Waals surface area contributed by atoms with Gasteiger partial charge in [-0.05, 0) is 18.9 Å². The van der Waals surface area contributed by atoms with Crippen LogP contribution in [0.4, 0.5) is 10.7 Å². The molecule has 0 atom stereocenters. The number of nitriles is 1. The first-order valence-corrected chi connectivity index (χ1v) is 8.26. The van der Waals surface area contributed by atoms with E-state index in [4.69, 9.17) is 10.00 Å². The quantitative estimate of drug-likeness (QED) is 0.793. The zero-order valence-corrected chi connectivity index (χ0v) is 13.9. The third kappa shape index (κ3) is 3.57. The second-order valence-corrected chi connectivity index (χ2v) is 6.06. The van der Waals surface area contributed by atoms with Gasteiger partial charge in [0.05, 0.1) is 13.2 Å². The van der Waals surface area contributed by atoms with E-state index in [9.17, 15) is 4.79 Å². The first kappa shape index (κ1) is 16.5. The van der Waals surface area contributed by atoms with Gasteiger partial charge >= 0.3 is 6.03 Å². The summed E-state index contributed by atoms with van der Waals surface area (Å²) in [6.07, 6.45) is 3.35. The van der Waals surface area contributed by atoms with Gasteiger partial charge in [0.2, 0.25) is 5.95 Å². The Morgan fingerprint density at radius 1 is 1.33 bits per heavy atom. The lowest BCUT2D eigenvalue weighted by atomic mass is 10.0. The average Bonchev–Trinajstić information content (AvgIpc) is 2.67. The molecular weight excluding hydrogens is 308 g/mol. The number of nitrogens with zero attached hydrogens (tertiary/aromatic N) is 6. The molecule has 0 unspecified atom stereocenters. The summed E-state index contributed by atoms with van der Waals surface area (Å²) in [5, 5.41) is 8.94. The van der Waals surface area contributed by atoms with Gasteiger partial charge in [-0.15, -0.1) is 0 Å². The molecule has 0 spiro atoms. The predicted octanol–water partition coefficient (Wildman–Crippen LogP) is 0.701. The van der Waals surface area contributed by atoms with Crippen LogP contribution in [0.3, 0.4) is 0 Å². The second kappa shape index (κ2) is 7.45. The number of carbonyl (C=O) groups is 1. The topological polar surface area (TPSA) is 85.6 Å². The lowest BCUT2D eigenvalue weighted by molar-refractivity contribution is 0.0409. The Bertz CT molecular complexity index is 617. The molecule has 128 valence electrons. The Morgan fingerprint density at radius 3 is 2.71 bits per heavy atom. The molecule has 0 saturated carbocycles. The van der Waals surface area contributed by atoms with E-state index < -0.39 is 0 Å². The maximum Gasteiger partial charge on any atom is 0.320 e. The summed E-state index contributed by atoms with van der Waals surface area (Å²) in [6, 6.07) is 3.94. The van der Waals surface area contributed by atoms with Crippen molar-refractivity contribution in [3.63, 3.8) is 0 Å². The molecule has 8 nitrogen and oxygen atoms in total. The number of rotatable bonds is 2. The van der Waals surface area contributed by atoms with Gasteiger partial charge < -0.3 is 19.4 Å². The normalized spacial score (nSPS) is 19.0. The van der Waals surface area contributed by atoms with E-state index in [-0.39, 0.29) is 12.1 Å². The molecule has 0 aromatic carbocycles. The minimum atomic E-state index is 0.0828. The van der Waals surface area contributed by atoms with Crippen LogP contribution in [-0.4, -0.2) is 78.3 Å². The standard InChI is InChI=1S/C16H22N6O2/c1-20(16(23)22-8-10-24-11-9-22)14-3-6-21(7-4-14)15-18-5-2-13(12-17)19-15/h2,5,14H,3-4,6-11H2,1H3. The molecule has 1 aromatic heterocycles. The fourth-order valence-electron chi connectivity index (χ4n) is 3.15. The first-order chi connectivity index (χ1) is 11.7. The molecule has 0 aliphatic carbocycles. The van der Waals surface area contributed by atoms with Gasteiger partial charge in [0.15, 0.2) is 0 Å². The summed E-state index contributed by atoms with van der Waals surface area (Å²) < 4.78 is 5.30. The number of hydrogen-bond donors (Lipinski definition) is 0. The van der Waals surface area contributed by atoms with Crippen LogP contribution in [0.2, 0.25) is 0 Å². The third-order valence-electron chi connectivity index (χ3n) is 4.64. The molecule has 2 aliphatic heterocycles. The maximum atomic E-state index is 12.6. The summed E-state index contributed by atoms with van der Waals surface area (Å²) in [4.78, 5) is 26.8. The molecule has 1 aromatic rings. The van der Waals surface area contributed by atoms with E-state index in [1.807, 2.05) is 22.9 Å². The van der Waals surface area contributed by atoms with Crippen LogP contribution >= 0.6 is 0 Å². The van der Waals surface area contributed by atoms with Crippen molar-refractivity contribution in [2.75, 3.05) is 51.3 Å². The van der Waals surface area contributed by atoms with Crippen molar-refractivity contribution in [1.29, 1.82) is 5.26 Å². The second-order valence-electron chi connectivity index (χ2n) is 6.06. The number of carbonyl (C=O) groups excluding carboxylic acids is 1. The van der Waals surface area contributed by atoms with Crippen molar-refractivity contribution in [2.24, 2.45) is 0 Å². The molecule has 3 rings (SSSR count). The molecule has 24 heavy (non-hydrogen) atoms. The fourth-order valence-corrected chi connectivity index (χ4v) is 3.15. The average molecular weight is 330 g/mol. The summed E-state index contributed by atoms with van der Waals surface area (Å²) in [6.45, 7) is 4.11. The molecule has 2 saturated heterocycles. The Balaban J connectivity index is 1.56. The largest absolute Gasteiger partial charge is 0.378 e. The number of amides is 2. The summed E-state index contributed by atoms with van der Waals surface area (Å²) in [5.41, 5.74) is 0.377. The first-order valence-electron chi connectivity index (χ1n) is 8.26. The molecule has 2 aliphatic rings. The molecule has 3 heterocycles. The molecular formula is C16H22N6O2. The minimum Gasteiger partial charge on any atom is -0.378 e. The van der Waals surface area contributed by atoms with Crippen molar-refractivity contribution >= 4 is 12.0 Å². The van der Waals surface area contributed by atoms with E-state index >= 15 is 0 Å². The molecule has 0 N–H and O–H groups in total. The van der Waals surface area contributed by atoms with Crippen molar-refractivity contribution in [2.45, 2.75) is 18.9 Å². The molecule has 2 fully saturated rings. The van der Waals surface area contributed by atoms with E-state index in [0.29, 0.717) is 37.9 Å². The number of ether oxygens (including phenoxy) is 1. The van der Waals surface area contributed by atoms with Gasteiger partial charge in [-0.25, -0.2) is 14.8 Å². The maximum absolute atomic E-state index is 12.6. The van der Waals surface area contributed by atoms with Crippen molar-refractivity contribution in [3.05, 3.63) is 18.0 Å². The van der Waals surface area contributed by atoms with E-state index in [1.165, 1.54) is 0 Å². The number of aromatic nitrogens is 2. The highest BCUT2D eigenvalue weighted by molar-refractivity contribution is 5.74. The Morgan fingerprint density at radius 2 is 2.04 bits per heavy atom. The molecule has 0 bridgehead atoms. The zero-order chi connectivity index (χ0) is 16.9. The third-order valence-corrected chi connectivity index (χ3v) is 4.64. The molecule has 2 amide bonds. The predicted molar refractivity (Wildman–Crippen MR) is 87.5 cm³/mol. The zero-order valence-electron chi connectivity index (χ0n) is 13.9. The van der Waals surface area contributed by atoms with E-state index in [1.54, 1.807) is 12.3 Å². The van der Waals surface area contributed by atoms with Crippen molar-refractivity contribution in [3.8, 4) is 6.07 Å². The number of morpholine rings is 1. The molecule has 0 radical (unpaired) electrons. The van der Waals surface area contributed by atoms with Gasteiger partial charge in [-0.1, -0.05) is 0 Å². The van der Waals surface area contributed by atoms with Crippen LogP contribution in [0.15, 0.2) is 12.3 Å². The Hall–Kier alpha value is -2.40. The minimum absolute atomic E-state index is 0.0828. The van der Waals surface area contributed by atoms with Gasteiger partial charge in [0, 0.05) is 45.5 Å². The monoisotopic (exact) mass is 330 g/mol. The van der Waals surface area contributed by atoms with Gasteiger partial charge in [0.25, 0.3) is 0 Å². The summed E-state index contributed by atoms with van der Waals surface area (Å²) >= 11 is 0. The highest BCUT2D eigenvalue weighted by Gasteiger charge is 2.29. The van der Waals surface area contributed by atoms with Crippen LogP contribution in [-0.2, 0) is 4.74 Å². The number of anilines is 1. The van der Waals surface area contributed by atoms with Crippen LogP contribution in [0, 0.1) is 11.3 Å². The summed E-state index contributed by atoms with van der Waals surface area (Å²) in [5.74, 6) is 0.592. The van der Waals surface area contributed by atoms with Crippen LogP contribution < -0.4 is 4.90 Å². The highest BCUT2D eigenvalue weighted by Crippen LogP contribution is 2.20. The van der Waals surface area contributed by atoms with Crippen LogP contribution in [0.25, 0.3) is 0 Å². The number of hydrogen-bond acceptors (Lipinski definition) is 6. The van der Waals surface area contributed by atoms with Crippen LogP contribution in [0.5, 0.6) is 0 Å². The van der Waals surface area contributed by atoms with Crippen molar-refractivity contribution in [1.82, 2.24) is 19.8 Å². The van der Waals surface area contributed by atoms with Gasteiger partial charge in [-0.2, -0.15) is 5.26 Å². The Kier molecular flexibility index (Phi) is 5.11. The highest BCUT2D eigenvalue weighted by atomic mass is 16.5. The fraction of sp³-hybridized carbons (Fsp3) is 0.625. The lowest BCUT2D eigenvalue weighted by Gasteiger charge is -2.39. The lowest BCUT2D eigenvalue weighted by Crippen LogP contribution is -2.52. The van der Waals surface area contributed by atoms with Gasteiger partial charge in [-0.3, -0.25) is 0 Å². The van der Waals surface area contributed by atoms with Crippen LogP contribution in [0.1, 0.15) is 18.5 Å². The Labute approximate surface area is 141 Å². The van der Waals surface area contributed by atoms with Crippen molar-refractivity contribution < 1.29 is 9.53 Å². The number of piperidine rings is 1. The smallest absolute Gasteiger partial charge is 0.320 e.